The Kier molecular flexibility index (Phi) is 5.03. The van der Waals surface area contributed by atoms with Gasteiger partial charge in [-0.05, 0) is 61.6 Å². The van der Waals surface area contributed by atoms with E-state index >= 15 is 0 Å². The van der Waals surface area contributed by atoms with Crippen LogP contribution in [0.25, 0.3) is 0 Å². The molecule has 1 aliphatic heterocycles. The molecule has 1 amide bonds. The fourth-order valence-corrected chi connectivity index (χ4v) is 4.18. The van der Waals surface area contributed by atoms with Gasteiger partial charge in [0.05, 0.1) is 11.3 Å². The molecule has 2 aliphatic rings. The second-order valence-corrected chi connectivity index (χ2v) is 7.76. The van der Waals surface area contributed by atoms with Gasteiger partial charge in [0, 0.05) is 30.0 Å². The molecule has 1 unspecified atom stereocenters. The maximum absolute atomic E-state index is 12.5. The molecule has 2 aromatic rings. The molecule has 0 radical (unpaired) electrons. The van der Waals surface area contributed by atoms with Crippen LogP contribution in [0.5, 0.6) is 0 Å². The van der Waals surface area contributed by atoms with Crippen LogP contribution in [0.3, 0.4) is 0 Å². The van der Waals surface area contributed by atoms with Crippen molar-refractivity contribution >= 4 is 23.0 Å². The van der Waals surface area contributed by atoms with E-state index in [2.05, 4.69) is 41.1 Å². The standard InChI is InChI=1S/C22H28N4O/c1-14-5-4-6-16(11-14)25-20-13-17(26-19-8-3-2-7-18(19)23)12-15-9-10-24-22(27)21(15)20/h4-6,11-13,18-19,25-26H,2-3,7-10,23H2,1H3,(H,24,27)/t18?,19-/m1/s1. The van der Waals surface area contributed by atoms with E-state index in [9.17, 15) is 4.79 Å². The van der Waals surface area contributed by atoms with Gasteiger partial charge in [0.1, 0.15) is 0 Å². The van der Waals surface area contributed by atoms with Crippen molar-refractivity contribution in [3.63, 3.8) is 0 Å². The number of nitrogens with one attached hydrogen (secondary N) is 3. The lowest BCUT2D eigenvalue weighted by Gasteiger charge is -2.31. The highest BCUT2D eigenvalue weighted by Gasteiger charge is 2.25. The Balaban J connectivity index is 1.68. The lowest BCUT2D eigenvalue weighted by atomic mass is 9.90. The van der Waals surface area contributed by atoms with Gasteiger partial charge in [-0.15, -0.1) is 0 Å². The lowest BCUT2D eigenvalue weighted by Crippen LogP contribution is -2.42. The summed E-state index contributed by atoms with van der Waals surface area (Å²) in [7, 11) is 0. The van der Waals surface area contributed by atoms with Gasteiger partial charge in [-0.3, -0.25) is 4.79 Å². The summed E-state index contributed by atoms with van der Waals surface area (Å²) in [5, 5.41) is 10.1. The van der Waals surface area contributed by atoms with E-state index < -0.39 is 0 Å². The quantitative estimate of drug-likeness (QED) is 0.667. The van der Waals surface area contributed by atoms with E-state index in [-0.39, 0.29) is 11.9 Å². The summed E-state index contributed by atoms with van der Waals surface area (Å²) in [4.78, 5) is 12.5. The molecule has 27 heavy (non-hydrogen) atoms. The van der Waals surface area contributed by atoms with E-state index in [0.29, 0.717) is 12.6 Å². The number of hydrogen-bond acceptors (Lipinski definition) is 4. The second-order valence-electron chi connectivity index (χ2n) is 7.76. The van der Waals surface area contributed by atoms with Gasteiger partial charge in [-0.2, -0.15) is 0 Å². The SMILES string of the molecule is Cc1cccc(Nc2cc(N[C@@H]3CCCCC3N)cc3c2C(=O)NCC3)c1. The number of benzene rings is 2. The summed E-state index contributed by atoms with van der Waals surface area (Å²) in [5.74, 6) is -0.00711. The average Bonchev–Trinajstić information content (AvgIpc) is 2.64. The average molecular weight is 364 g/mol. The van der Waals surface area contributed by atoms with Crippen molar-refractivity contribution in [2.24, 2.45) is 5.73 Å². The summed E-state index contributed by atoms with van der Waals surface area (Å²) in [5.41, 5.74) is 12.2. The van der Waals surface area contributed by atoms with E-state index in [4.69, 9.17) is 5.73 Å². The molecule has 5 nitrogen and oxygen atoms in total. The van der Waals surface area contributed by atoms with Gasteiger partial charge < -0.3 is 21.7 Å². The van der Waals surface area contributed by atoms with E-state index in [1.54, 1.807) is 0 Å². The Hall–Kier alpha value is -2.53. The predicted octanol–water partition coefficient (Wildman–Crippen LogP) is 3.71. The fourth-order valence-electron chi connectivity index (χ4n) is 4.18. The normalized spacial score (nSPS) is 21.9. The van der Waals surface area contributed by atoms with Gasteiger partial charge in [0.15, 0.2) is 0 Å². The van der Waals surface area contributed by atoms with Gasteiger partial charge >= 0.3 is 0 Å². The van der Waals surface area contributed by atoms with Gasteiger partial charge in [-0.1, -0.05) is 25.0 Å². The maximum atomic E-state index is 12.5. The topological polar surface area (TPSA) is 79.2 Å². The molecule has 0 saturated heterocycles. The zero-order chi connectivity index (χ0) is 18.8. The molecule has 2 aromatic carbocycles. The lowest BCUT2D eigenvalue weighted by molar-refractivity contribution is 0.0947. The number of aryl methyl sites for hydroxylation is 1. The van der Waals surface area contributed by atoms with Crippen molar-refractivity contribution in [1.82, 2.24) is 5.32 Å². The third-order valence-corrected chi connectivity index (χ3v) is 5.60. The molecular formula is C22H28N4O. The van der Waals surface area contributed by atoms with E-state index in [0.717, 1.165) is 47.5 Å². The van der Waals surface area contributed by atoms with Crippen molar-refractivity contribution in [2.45, 2.75) is 51.1 Å². The van der Waals surface area contributed by atoms with Crippen molar-refractivity contribution in [3.05, 3.63) is 53.1 Å². The number of fused-ring (bicyclic) bond motifs is 1. The van der Waals surface area contributed by atoms with Crippen molar-refractivity contribution in [3.8, 4) is 0 Å². The molecule has 0 aromatic heterocycles. The number of amides is 1. The Bertz CT molecular complexity index is 848. The molecule has 5 N–H and O–H groups in total. The maximum Gasteiger partial charge on any atom is 0.253 e. The Morgan fingerprint density at radius 1 is 1.11 bits per heavy atom. The van der Waals surface area contributed by atoms with E-state index in [1.807, 2.05) is 18.2 Å². The molecule has 0 spiro atoms. The first kappa shape index (κ1) is 17.9. The molecule has 5 heteroatoms. The minimum Gasteiger partial charge on any atom is -0.381 e. The van der Waals surface area contributed by atoms with Gasteiger partial charge in [-0.25, -0.2) is 0 Å². The van der Waals surface area contributed by atoms with Crippen molar-refractivity contribution in [1.29, 1.82) is 0 Å². The molecule has 1 fully saturated rings. The highest BCUT2D eigenvalue weighted by atomic mass is 16.1. The molecular weight excluding hydrogens is 336 g/mol. The van der Waals surface area contributed by atoms with Crippen LogP contribution in [-0.4, -0.2) is 24.5 Å². The minimum absolute atomic E-state index is 0.00711. The van der Waals surface area contributed by atoms with Crippen LogP contribution in [0.1, 0.15) is 47.2 Å². The summed E-state index contributed by atoms with van der Waals surface area (Å²) in [6.07, 6.45) is 5.44. The molecule has 0 bridgehead atoms. The summed E-state index contributed by atoms with van der Waals surface area (Å²) in [6.45, 7) is 2.75. The van der Waals surface area contributed by atoms with Crippen LogP contribution < -0.4 is 21.7 Å². The summed E-state index contributed by atoms with van der Waals surface area (Å²) >= 11 is 0. The highest BCUT2D eigenvalue weighted by molar-refractivity contribution is 6.03. The number of carbonyl (C=O) groups excluding carboxylic acids is 1. The first-order chi connectivity index (χ1) is 13.1. The summed E-state index contributed by atoms with van der Waals surface area (Å²) < 4.78 is 0. The third-order valence-electron chi connectivity index (χ3n) is 5.60. The number of carbonyl (C=O) groups is 1. The Morgan fingerprint density at radius 3 is 2.78 bits per heavy atom. The number of anilines is 3. The first-order valence-corrected chi connectivity index (χ1v) is 9.91. The zero-order valence-electron chi connectivity index (χ0n) is 15.8. The van der Waals surface area contributed by atoms with Crippen LogP contribution in [-0.2, 0) is 6.42 Å². The zero-order valence-corrected chi connectivity index (χ0v) is 15.8. The number of hydrogen-bond donors (Lipinski definition) is 4. The van der Waals surface area contributed by atoms with Crippen LogP contribution in [0.15, 0.2) is 36.4 Å². The third kappa shape index (κ3) is 3.93. The van der Waals surface area contributed by atoms with Crippen LogP contribution in [0, 0.1) is 6.92 Å². The second kappa shape index (κ2) is 7.61. The van der Waals surface area contributed by atoms with Crippen molar-refractivity contribution in [2.75, 3.05) is 17.2 Å². The molecule has 1 heterocycles. The number of rotatable bonds is 4. The van der Waals surface area contributed by atoms with Gasteiger partial charge in [0.2, 0.25) is 0 Å². The van der Waals surface area contributed by atoms with Crippen LogP contribution >= 0.6 is 0 Å². The molecule has 1 saturated carbocycles. The highest BCUT2D eigenvalue weighted by Crippen LogP contribution is 2.32. The van der Waals surface area contributed by atoms with Crippen molar-refractivity contribution < 1.29 is 4.79 Å². The minimum atomic E-state index is -0.00711. The number of nitrogens with two attached hydrogens (primary N) is 1. The van der Waals surface area contributed by atoms with Crippen LogP contribution in [0.2, 0.25) is 0 Å². The fraction of sp³-hybridized carbons (Fsp3) is 0.409. The van der Waals surface area contributed by atoms with E-state index in [1.165, 1.54) is 18.4 Å². The molecule has 142 valence electrons. The largest absolute Gasteiger partial charge is 0.381 e. The van der Waals surface area contributed by atoms with Crippen LogP contribution in [0.4, 0.5) is 17.1 Å². The molecule has 1 aliphatic carbocycles. The summed E-state index contributed by atoms with van der Waals surface area (Å²) in [6, 6.07) is 12.8. The molecule has 2 atom stereocenters. The molecule has 4 rings (SSSR count). The smallest absolute Gasteiger partial charge is 0.253 e. The monoisotopic (exact) mass is 364 g/mol. The first-order valence-electron chi connectivity index (χ1n) is 9.91. The van der Waals surface area contributed by atoms with Gasteiger partial charge in [0.25, 0.3) is 5.91 Å². The Morgan fingerprint density at radius 2 is 1.96 bits per heavy atom. The Labute approximate surface area is 160 Å². The predicted molar refractivity (Wildman–Crippen MR) is 111 cm³/mol.